The molecule has 0 aliphatic carbocycles. The molecule has 3 fully saturated rings. The average Bonchev–Trinajstić information content (AvgIpc) is 2.39. The Hall–Kier alpha value is -1.04. The molecule has 2 unspecified atom stereocenters. The maximum atomic E-state index is 13.7. The molecule has 4 rings (SSSR count). The summed E-state index contributed by atoms with van der Waals surface area (Å²) in [5.41, 5.74) is 6.13. The molecule has 0 spiro atoms. The van der Waals surface area contributed by atoms with Crippen LogP contribution in [0.25, 0.3) is 0 Å². The fraction of sp³-hybridized carbons (Fsp3) is 0.538. The summed E-state index contributed by atoms with van der Waals surface area (Å²) in [6, 6.07) is 3.33. The molecule has 1 aromatic rings. The Labute approximate surface area is 105 Å². The Morgan fingerprint density at radius 3 is 2.22 bits per heavy atom. The topological polar surface area (TPSA) is 32.5 Å². The van der Waals surface area contributed by atoms with E-state index in [9.17, 15) is 8.78 Å². The summed E-state index contributed by atoms with van der Waals surface area (Å²) < 4.78 is 27.5. The summed E-state index contributed by atoms with van der Waals surface area (Å²) in [7, 11) is 0. The zero-order chi connectivity index (χ0) is 12.7. The molecule has 3 aliphatic heterocycles. The van der Waals surface area contributed by atoms with Crippen LogP contribution in [0.2, 0.25) is 0 Å². The molecule has 2 atom stereocenters. The van der Waals surface area contributed by atoms with Gasteiger partial charge >= 0.3 is 0 Å². The van der Waals surface area contributed by atoms with Gasteiger partial charge in [-0.25, -0.2) is 8.78 Å². The van der Waals surface area contributed by atoms with Crippen LogP contribution < -0.4 is 5.73 Å². The molecule has 2 N–H and O–H groups in total. The number of rotatable bonds is 2. The van der Waals surface area contributed by atoms with Crippen molar-refractivity contribution >= 4 is 0 Å². The van der Waals surface area contributed by atoms with Crippen LogP contribution >= 0.6 is 0 Å². The van der Waals surface area contributed by atoms with Crippen LogP contribution in [0.5, 0.6) is 0 Å². The van der Waals surface area contributed by atoms with Crippen molar-refractivity contribution in [2.45, 2.75) is 12.1 Å². The third kappa shape index (κ3) is 1.92. The lowest BCUT2D eigenvalue weighted by Gasteiger charge is -2.49. The normalized spacial score (nSPS) is 32.5. The van der Waals surface area contributed by atoms with Gasteiger partial charge in [0.25, 0.3) is 0 Å². The van der Waals surface area contributed by atoms with Gasteiger partial charge in [0, 0.05) is 44.3 Å². The van der Waals surface area contributed by atoms with Gasteiger partial charge in [-0.05, 0) is 12.1 Å². The van der Waals surface area contributed by atoms with Gasteiger partial charge in [0.15, 0.2) is 0 Å². The molecule has 0 amide bonds. The van der Waals surface area contributed by atoms with Crippen LogP contribution in [-0.2, 0) is 0 Å². The first-order chi connectivity index (χ1) is 8.66. The highest BCUT2D eigenvalue weighted by molar-refractivity contribution is 5.25. The molecule has 3 aliphatic rings. The second kappa shape index (κ2) is 4.57. The number of hydrogen-bond donors (Lipinski definition) is 1. The van der Waals surface area contributed by atoms with Crippen molar-refractivity contribution in [2.75, 3.05) is 32.7 Å². The van der Waals surface area contributed by atoms with Crippen molar-refractivity contribution in [2.24, 2.45) is 5.73 Å². The molecule has 0 radical (unpaired) electrons. The second-order valence-corrected chi connectivity index (χ2v) is 5.07. The van der Waals surface area contributed by atoms with Gasteiger partial charge in [-0.1, -0.05) is 6.07 Å². The highest BCUT2D eigenvalue weighted by Gasteiger charge is 2.37. The maximum Gasteiger partial charge on any atom is 0.130 e. The third-order valence-corrected chi connectivity index (χ3v) is 4.07. The van der Waals surface area contributed by atoms with Crippen molar-refractivity contribution < 1.29 is 8.78 Å². The second-order valence-electron chi connectivity index (χ2n) is 5.07. The lowest BCUT2D eigenvalue weighted by atomic mass is 9.94. The minimum Gasteiger partial charge on any atom is -0.322 e. The Morgan fingerprint density at radius 2 is 1.72 bits per heavy atom. The molecule has 0 aromatic heterocycles. The summed E-state index contributed by atoms with van der Waals surface area (Å²) in [5.74, 6) is -1.08. The number of hydrogen-bond acceptors (Lipinski definition) is 3. The van der Waals surface area contributed by atoms with Crippen molar-refractivity contribution in [1.29, 1.82) is 0 Å². The number of fused-ring (bicyclic) bond motifs is 3. The first kappa shape index (κ1) is 12.0. The van der Waals surface area contributed by atoms with E-state index in [4.69, 9.17) is 5.73 Å². The first-order valence-electron chi connectivity index (χ1n) is 6.32. The van der Waals surface area contributed by atoms with Gasteiger partial charge in [-0.3, -0.25) is 9.80 Å². The standard InChI is InChI=1S/C13H17F2N3/c14-9-2-1-3-10(15)12(9)13(16)11-8-17-4-6-18(11)7-5-17/h1-3,11,13H,4-8,16H2. The Kier molecular flexibility index (Phi) is 3.05. The van der Waals surface area contributed by atoms with E-state index in [2.05, 4.69) is 9.80 Å². The van der Waals surface area contributed by atoms with Gasteiger partial charge < -0.3 is 5.73 Å². The molecule has 0 saturated carbocycles. The minimum atomic E-state index is -0.603. The lowest BCUT2D eigenvalue weighted by Crippen LogP contribution is -2.63. The van der Waals surface area contributed by atoms with E-state index in [1.807, 2.05) is 0 Å². The summed E-state index contributed by atoms with van der Waals surface area (Å²) in [4.78, 5) is 4.56. The predicted octanol–water partition coefficient (Wildman–Crippen LogP) is 0.964. The van der Waals surface area contributed by atoms with E-state index in [1.165, 1.54) is 18.2 Å². The zero-order valence-corrected chi connectivity index (χ0v) is 10.1. The van der Waals surface area contributed by atoms with Crippen LogP contribution in [0.15, 0.2) is 18.2 Å². The van der Waals surface area contributed by atoms with E-state index in [0.717, 1.165) is 32.7 Å². The number of piperazine rings is 3. The number of nitrogens with two attached hydrogens (primary N) is 1. The van der Waals surface area contributed by atoms with Crippen molar-refractivity contribution in [3.05, 3.63) is 35.4 Å². The molecule has 3 heterocycles. The van der Waals surface area contributed by atoms with E-state index >= 15 is 0 Å². The summed E-state index contributed by atoms with van der Waals surface area (Å²) in [6.07, 6.45) is 0. The van der Waals surface area contributed by atoms with Crippen molar-refractivity contribution in [3.63, 3.8) is 0 Å². The van der Waals surface area contributed by atoms with E-state index < -0.39 is 17.7 Å². The minimum absolute atomic E-state index is 0.0129. The largest absolute Gasteiger partial charge is 0.322 e. The number of halogens is 2. The molecule has 2 bridgehead atoms. The summed E-state index contributed by atoms with van der Waals surface area (Å²) in [6.45, 7) is 4.74. The Bertz CT molecular complexity index is 424. The third-order valence-electron chi connectivity index (χ3n) is 4.07. The fourth-order valence-electron chi connectivity index (χ4n) is 3.02. The van der Waals surface area contributed by atoms with Crippen LogP contribution in [0.4, 0.5) is 8.78 Å². The van der Waals surface area contributed by atoms with Crippen molar-refractivity contribution in [3.8, 4) is 0 Å². The first-order valence-corrected chi connectivity index (χ1v) is 6.32. The predicted molar refractivity (Wildman–Crippen MR) is 65.1 cm³/mol. The highest BCUT2D eigenvalue weighted by atomic mass is 19.1. The molecule has 1 aromatic carbocycles. The van der Waals surface area contributed by atoms with E-state index in [-0.39, 0.29) is 11.6 Å². The fourth-order valence-corrected chi connectivity index (χ4v) is 3.02. The smallest absolute Gasteiger partial charge is 0.130 e. The average molecular weight is 253 g/mol. The molecule has 3 saturated heterocycles. The molecule has 98 valence electrons. The molecule has 18 heavy (non-hydrogen) atoms. The SMILES string of the molecule is NC(c1c(F)cccc1F)C1CN2CCN1CC2. The lowest BCUT2D eigenvalue weighted by molar-refractivity contribution is 0.00124. The molecular formula is C13H17F2N3. The van der Waals surface area contributed by atoms with Gasteiger partial charge in [0.2, 0.25) is 0 Å². The zero-order valence-electron chi connectivity index (χ0n) is 10.1. The quantitative estimate of drug-likeness (QED) is 0.852. The summed E-state index contributed by atoms with van der Waals surface area (Å²) >= 11 is 0. The number of benzene rings is 1. The van der Waals surface area contributed by atoms with Crippen LogP contribution in [-0.4, -0.2) is 48.6 Å². The Morgan fingerprint density at radius 1 is 1.11 bits per heavy atom. The summed E-state index contributed by atoms with van der Waals surface area (Å²) in [5, 5.41) is 0. The Balaban J connectivity index is 1.88. The van der Waals surface area contributed by atoms with Gasteiger partial charge in [-0.15, -0.1) is 0 Å². The van der Waals surface area contributed by atoms with Crippen LogP contribution in [0.3, 0.4) is 0 Å². The van der Waals surface area contributed by atoms with Gasteiger partial charge in [-0.2, -0.15) is 0 Å². The molecular weight excluding hydrogens is 236 g/mol. The number of nitrogens with zero attached hydrogens (tertiary/aromatic N) is 2. The van der Waals surface area contributed by atoms with Crippen LogP contribution in [0, 0.1) is 11.6 Å². The van der Waals surface area contributed by atoms with Gasteiger partial charge in [0.1, 0.15) is 11.6 Å². The van der Waals surface area contributed by atoms with Crippen LogP contribution in [0.1, 0.15) is 11.6 Å². The highest BCUT2D eigenvalue weighted by Crippen LogP contribution is 2.28. The molecule has 3 nitrogen and oxygen atoms in total. The van der Waals surface area contributed by atoms with Crippen molar-refractivity contribution in [1.82, 2.24) is 9.80 Å². The van der Waals surface area contributed by atoms with E-state index in [0.29, 0.717) is 0 Å². The monoisotopic (exact) mass is 253 g/mol. The molecule has 5 heteroatoms. The van der Waals surface area contributed by atoms with E-state index in [1.54, 1.807) is 0 Å². The maximum absolute atomic E-state index is 13.7. The van der Waals surface area contributed by atoms with Gasteiger partial charge in [0.05, 0.1) is 6.04 Å².